The molecule has 3 nitrogen and oxygen atoms in total. The molecule has 0 aliphatic carbocycles. The number of carboxylic acids is 1. The van der Waals surface area contributed by atoms with Crippen LogP contribution in [0.4, 0.5) is 22.0 Å². The first kappa shape index (κ1) is 26.5. The van der Waals surface area contributed by atoms with E-state index >= 15 is 0 Å². The van der Waals surface area contributed by atoms with Crippen molar-refractivity contribution in [1.82, 2.24) is 0 Å². The molecule has 0 aliphatic heterocycles. The van der Waals surface area contributed by atoms with Gasteiger partial charge < -0.3 is 9.84 Å². The van der Waals surface area contributed by atoms with Gasteiger partial charge in [0.1, 0.15) is 24.0 Å². The zero-order valence-corrected chi connectivity index (χ0v) is 19.4. The van der Waals surface area contributed by atoms with E-state index < -0.39 is 52.3 Å². The van der Waals surface area contributed by atoms with Crippen LogP contribution in [0.3, 0.4) is 0 Å². The maximum absolute atomic E-state index is 14.4. The Balaban J connectivity index is 2.19. The van der Waals surface area contributed by atoms with Crippen LogP contribution >= 0.6 is 11.6 Å². The van der Waals surface area contributed by atoms with Gasteiger partial charge in [-0.1, -0.05) is 55.3 Å². The highest BCUT2D eigenvalue weighted by Gasteiger charge is 2.39. The van der Waals surface area contributed by atoms with Crippen molar-refractivity contribution in [3.05, 3.63) is 87.9 Å². The van der Waals surface area contributed by atoms with Gasteiger partial charge in [0, 0.05) is 6.07 Å². The van der Waals surface area contributed by atoms with Gasteiger partial charge in [0.15, 0.2) is 0 Å². The third-order valence-corrected chi connectivity index (χ3v) is 5.86. The number of carbonyl (C=O) groups is 1. The second kappa shape index (κ2) is 11.1. The van der Waals surface area contributed by atoms with Gasteiger partial charge in [-0.2, -0.15) is 13.2 Å². The minimum Gasteiger partial charge on any atom is -0.487 e. The summed E-state index contributed by atoms with van der Waals surface area (Å²) in [4.78, 5) is 11.8. The lowest BCUT2D eigenvalue weighted by molar-refractivity contribution is -0.143. The number of benzene rings is 3. The van der Waals surface area contributed by atoms with E-state index in [9.17, 15) is 31.9 Å². The van der Waals surface area contributed by atoms with Gasteiger partial charge in [-0.05, 0) is 53.3 Å². The monoisotopic (exact) mass is 512 g/mol. The van der Waals surface area contributed by atoms with Crippen molar-refractivity contribution in [1.29, 1.82) is 0 Å². The third kappa shape index (κ3) is 6.51. The normalized spacial score (nSPS) is 12.4. The predicted molar refractivity (Wildman–Crippen MR) is 122 cm³/mol. The topological polar surface area (TPSA) is 46.5 Å². The van der Waals surface area contributed by atoms with Crippen molar-refractivity contribution >= 4 is 17.6 Å². The lowest BCUT2D eigenvalue weighted by Crippen LogP contribution is -2.20. The smallest absolute Gasteiger partial charge is 0.417 e. The Bertz CT molecular complexity index is 1180. The highest BCUT2D eigenvalue weighted by atomic mass is 35.5. The number of aliphatic carboxylic acids is 1. The minimum atomic E-state index is -4.84. The van der Waals surface area contributed by atoms with Crippen molar-refractivity contribution in [2.75, 3.05) is 0 Å². The molecule has 3 rings (SSSR count). The minimum absolute atomic E-state index is 0.107. The van der Waals surface area contributed by atoms with Crippen LogP contribution in [0.5, 0.6) is 5.75 Å². The van der Waals surface area contributed by atoms with E-state index in [1.165, 1.54) is 12.1 Å². The van der Waals surface area contributed by atoms with E-state index in [0.29, 0.717) is 12.5 Å². The fraction of sp³-hybridized carbons (Fsp3) is 0.269. The first-order valence-electron chi connectivity index (χ1n) is 10.8. The number of carboxylic acid groups (broad SMARTS) is 1. The molecule has 1 N–H and O–H groups in total. The molecule has 186 valence electrons. The summed E-state index contributed by atoms with van der Waals surface area (Å²) in [6.07, 6.45) is -4.72. The maximum Gasteiger partial charge on any atom is 0.417 e. The van der Waals surface area contributed by atoms with E-state index in [1.807, 2.05) is 0 Å². The standard InChI is InChI=1S/C26H22ClF5O3/c1-2-6-17(25(33)34)11-21-23(26(30,31)32)20(16-7-4-3-5-8-16)13-22(24(21)27)35-14-15-9-18(28)12-19(29)10-15/h3-5,7-10,12-13,17H,2,6,11,14H2,1H3,(H,33,34). The second-order valence-corrected chi connectivity index (χ2v) is 8.43. The fourth-order valence-corrected chi connectivity index (χ4v) is 4.20. The summed E-state index contributed by atoms with van der Waals surface area (Å²) < 4.78 is 75.8. The first-order chi connectivity index (χ1) is 16.5. The number of alkyl halides is 3. The Morgan fingerprint density at radius 1 is 1.06 bits per heavy atom. The second-order valence-electron chi connectivity index (χ2n) is 8.05. The molecule has 3 aromatic carbocycles. The van der Waals surface area contributed by atoms with E-state index in [0.717, 1.165) is 18.2 Å². The van der Waals surface area contributed by atoms with Gasteiger partial charge in [-0.25, -0.2) is 8.78 Å². The predicted octanol–water partition coefficient (Wildman–Crippen LogP) is 7.93. The zero-order chi connectivity index (χ0) is 25.8. The molecule has 0 saturated carbocycles. The molecule has 0 amide bonds. The van der Waals surface area contributed by atoms with Crippen LogP contribution in [0.15, 0.2) is 54.6 Å². The molecule has 0 fully saturated rings. The van der Waals surface area contributed by atoms with Crippen LogP contribution in [0.25, 0.3) is 11.1 Å². The van der Waals surface area contributed by atoms with Crippen LogP contribution in [0.2, 0.25) is 5.02 Å². The fourth-order valence-electron chi connectivity index (χ4n) is 3.92. The van der Waals surface area contributed by atoms with Gasteiger partial charge in [0.25, 0.3) is 0 Å². The molecule has 35 heavy (non-hydrogen) atoms. The lowest BCUT2D eigenvalue weighted by atomic mass is 9.87. The Morgan fingerprint density at radius 3 is 2.23 bits per heavy atom. The summed E-state index contributed by atoms with van der Waals surface area (Å²) in [7, 11) is 0. The summed E-state index contributed by atoms with van der Waals surface area (Å²) in [6, 6.07) is 11.6. The Labute approximate surface area is 204 Å². The summed E-state index contributed by atoms with van der Waals surface area (Å²) in [6.45, 7) is 1.36. The molecule has 0 saturated heterocycles. The zero-order valence-electron chi connectivity index (χ0n) is 18.6. The van der Waals surface area contributed by atoms with Crippen LogP contribution in [-0.2, 0) is 24.0 Å². The Kier molecular flexibility index (Phi) is 8.38. The van der Waals surface area contributed by atoms with Gasteiger partial charge in [-0.15, -0.1) is 0 Å². The van der Waals surface area contributed by atoms with Crippen molar-refractivity contribution in [3.8, 4) is 16.9 Å². The molecular weight excluding hydrogens is 491 g/mol. The van der Waals surface area contributed by atoms with Gasteiger partial charge in [0.05, 0.1) is 16.5 Å². The largest absolute Gasteiger partial charge is 0.487 e. The van der Waals surface area contributed by atoms with Gasteiger partial charge >= 0.3 is 12.1 Å². The highest BCUT2D eigenvalue weighted by molar-refractivity contribution is 6.33. The van der Waals surface area contributed by atoms with E-state index in [4.69, 9.17) is 16.3 Å². The van der Waals surface area contributed by atoms with Crippen LogP contribution in [0.1, 0.15) is 36.5 Å². The SMILES string of the molecule is CCCC(Cc1c(Cl)c(OCc2cc(F)cc(F)c2)cc(-c2ccccc2)c1C(F)(F)F)C(=O)O. The van der Waals surface area contributed by atoms with Crippen molar-refractivity contribution in [2.45, 2.75) is 39.0 Å². The molecule has 9 heteroatoms. The van der Waals surface area contributed by atoms with Crippen molar-refractivity contribution < 1.29 is 36.6 Å². The number of hydrogen-bond donors (Lipinski definition) is 1. The first-order valence-corrected chi connectivity index (χ1v) is 11.2. The Hall–Kier alpha value is -3.13. The number of hydrogen-bond acceptors (Lipinski definition) is 2. The average Bonchev–Trinajstić information content (AvgIpc) is 2.78. The lowest BCUT2D eigenvalue weighted by Gasteiger charge is -2.23. The van der Waals surface area contributed by atoms with Crippen LogP contribution in [0, 0.1) is 17.6 Å². The molecule has 0 aliphatic rings. The molecular formula is C26H22ClF5O3. The molecule has 1 atom stereocenters. The number of halogens is 6. The number of rotatable bonds is 9. The highest BCUT2D eigenvalue weighted by Crippen LogP contribution is 2.47. The van der Waals surface area contributed by atoms with Crippen LogP contribution < -0.4 is 4.74 Å². The van der Waals surface area contributed by atoms with E-state index in [2.05, 4.69) is 0 Å². The van der Waals surface area contributed by atoms with Crippen molar-refractivity contribution in [3.63, 3.8) is 0 Å². The van der Waals surface area contributed by atoms with Gasteiger partial charge in [0.2, 0.25) is 0 Å². The molecule has 1 unspecified atom stereocenters. The molecule has 0 spiro atoms. The molecule has 0 bridgehead atoms. The molecule has 0 aromatic heterocycles. The van der Waals surface area contributed by atoms with E-state index in [-0.39, 0.29) is 35.5 Å². The quantitative estimate of drug-likeness (QED) is 0.296. The molecule has 0 radical (unpaired) electrons. The van der Waals surface area contributed by atoms with Crippen molar-refractivity contribution in [2.24, 2.45) is 5.92 Å². The Morgan fingerprint density at radius 2 is 1.69 bits per heavy atom. The third-order valence-electron chi connectivity index (χ3n) is 5.45. The average molecular weight is 513 g/mol. The summed E-state index contributed by atoms with van der Waals surface area (Å²) >= 11 is 6.39. The summed E-state index contributed by atoms with van der Waals surface area (Å²) in [5.41, 5.74) is -1.35. The number of ether oxygens (including phenoxy) is 1. The molecule has 3 aromatic rings. The molecule has 0 heterocycles. The maximum atomic E-state index is 14.4. The summed E-state index contributed by atoms with van der Waals surface area (Å²) in [5, 5.41) is 9.19. The van der Waals surface area contributed by atoms with E-state index in [1.54, 1.807) is 25.1 Å². The summed E-state index contributed by atoms with van der Waals surface area (Å²) in [5.74, 6) is -4.17. The van der Waals surface area contributed by atoms with Crippen LogP contribution in [-0.4, -0.2) is 11.1 Å². The van der Waals surface area contributed by atoms with Gasteiger partial charge in [-0.3, -0.25) is 4.79 Å².